The van der Waals surface area contributed by atoms with Crippen LogP contribution in [0.15, 0.2) is 9.21 Å². The van der Waals surface area contributed by atoms with Crippen LogP contribution in [0.25, 0.3) is 0 Å². The maximum absolute atomic E-state index is 10.1. The van der Waals surface area contributed by atoms with Crippen LogP contribution in [0, 0.1) is 6.39 Å². The van der Waals surface area contributed by atoms with Gasteiger partial charge < -0.3 is 9.21 Å². The topological polar surface area (TPSA) is 48.0 Å². The van der Waals surface area contributed by atoms with Crippen LogP contribution in [0.3, 0.4) is 0 Å². The third-order valence-electron chi connectivity index (χ3n) is 0.588. The molecule has 1 rings (SSSR count). The summed E-state index contributed by atoms with van der Waals surface area (Å²) in [6.45, 7) is 0. The molecule has 4 nitrogen and oxygen atoms in total. The van der Waals surface area contributed by atoms with Gasteiger partial charge in [-0.15, -0.1) is 0 Å². The molecule has 0 N–H and O–H groups in total. The zero-order chi connectivity index (χ0) is 5.28. The Morgan fingerprint density at radius 1 is 1.88 bits per heavy atom. The average molecular weight is 285 g/mol. The minimum Gasteiger partial charge on any atom is -0.582 e. The first-order valence-corrected chi connectivity index (χ1v) is 1.71. The minimum atomic E-state index is -0.486. The van der Waals surface area contributed by atoms with E-state index in [1.807, 2.05) is 6.39 Å². The van der Waals surface area contributed by atoms with E-state index in [1.165, 1.54) is 7.05 Å². The molecule has 1 heterocycles. The quantitative estimate of drug-likeness (QED) is 0.585. The largest absolute Gasteiger partial charge is 0.582 e. The Labute approximate surface area is 59.1 Å². The van der Waals surface area contributed by atoms with Crippen LogP contribution in [-0.2, 0) is 27.5 Å². The van der Waals surface area contributed by atoms with Gasteiger partial charge in [0.1, 0.15) is 0 Å². The molecule has 0 bridgehead atoms. The molecule has 0 aliphatic rings. The Morgan fingerprint density at radius 3 is 2.62 bits per heavy atom. The normalized spacial score (nSPS) is 8.12. The number of hydrogen-bond donors (Lipinski definition) is 0. The Hall–Kier alpha value is -0.398. The summed E-state index contributed by atoms with van der Waals surface area (Å²) in [7, 11) is 1.49. The van der Waals surface area contributed by atoms with Gasteiger partial charge in [-0.2, -0.15) is 0 Å². The summed E-state index contributed by atoms with van der Waals surface area (Å²) < 4.78 is 5.19. The van der Waals surface area contributed by atoms with Gasteiger partial charge in [0.15, 0.2) is 0 Å². The Kier molecular flexibility index (Phi) is 2.66. The van der Waals surface area contributed by atoms with Gasteiger partial charge in [-0.3, -0.25) is 9.78 Å². The molecule has 0 aromatic carbocycles. The van der Waals surface area contributed by atoms with Crippen molar-refractivity contribution in [2.75, 3.05) is 0 Å². The van der Waals surface area contributed by atoms with E-state index in [9.17, 15) is 4.79 Å². The molecule has 1 aromatic heterocycles. The summed E-state index contributed by atoms with van der Waals surface area (Å²) in [5.74, 6) is -0.486. The van der Waals surface area contributed by atoms with E-state index >= 15 is 0 Å². The van der Waals surface area contributed by atoms with Crippen LogP contribution in [0.5, 0.6) is 0 Å². The van der Waals surface area contributed by atoms with E-state index in [0.29, 0.717) is 0 Å². The van der Waals surface area contributed by atoms with Crippen LogP contribution in [0.1, 0.15) is 0 Å². The number of aryl methyl sites for hydroxylation is 1. The molecule has 5 heteroatoms. The summed E-state index contributed by atoms with van der Waals surface area (Å²) in [5, 5.41) is 3.33. The maximum Gasteiger partial charge on any atom is 0.269 e. The summed E-state index contributed by atoms with van der Waals surface area (Å²) in [6, 6.07) is 0. The predicted molar refractivity (Wildman–Crippen MR) is 20.6 cm³/mol. The molecule has 0 aliphatic heterocycles. The van der Waals surface area contributed by atoms with Crippen LogP contribution in [0.2, 0.25) is 0 Å². The maximum atomic E-state index is 10.1. The Balaban J connectivity index is 0.000000490. The van der Waals surface area contributed by atoms with Crippen LogP contribution in [0.4, 0.5) is 0 Å². The molecule has 0 atom stereocenters. The Bertz CT molecular complexity index is 203. The molecule has 0 fully saturated rings. The first-order chi connectivity index (χ1) is 3.30. The zero-order valence-electron chi connectivity index (χ0n) is 4.09. The van der Waals surface area contributed by atoms with Crippen molar-refractivity contribution in [2.45, 2.75) is 0 Å². The SMILES string of the molecule is Cn1n[c-]oc1=O.[Re]. The fourth-order valence-corrected chi connectivity index (χ4v) is 0.228. The van der Waals surface area contributed by atoms with Gasteiger partial charge in [-0.05, 0) is 0 Å². The Morgan fingerprint density at radius 2 is 2.50 bits per heavy atom. The second-order valence-corrected chi connectivity index (χ2v) is 1.08. The third kappa shape index (κ3) is 1.29. The number of nitrogens with zero attached hydrogens (tertiary/aromatic N) is 2. The van der Waals surface area contributed by atoms with E-state index in [4.69, 9.17) is 0 Å². The van der Waals surface area contributed by atoms with Crippen molar-refractivity contribution in [1.29, 1.82) is 0 Å². The molecular weight excluding hydrogens is 282 g/mol. The van der Waals surface area contributed by atoms with E-state index in [1.54, 1.807) is 0 Å². The van der Waals surface area contributed by atoms with Crippen molar-refractivity contribution < 1.29 is 24.8 Å². The molecule has 8 heavy (non-hydrogen) atoms. The van der Waals surface area contributed by atoms with Crippen LogP contribution >= 0.6 is 0 Å². The summed E-state index contributed by atoms with van der Waals surface area (Å²) in [5.41, 5.74) is 0. The molecule has 0 spiro atoms. The fourth-order valence-electron chi connectivity index (χ4n) is 0.228. The van der Waals surface area contributed by atoms with Gasteiger partial charge >= 0.3 is 0 Å². The predicted octanol–water partition coefficient (Wildman–Crippen LogP) is -0.829. The smallest absolute Gasteiger partial charge is 0.269 e. The molecule has 45 valence electrons. The standard InChI is InChI=1S/C3H3N2O2.Re/c1-5-3(6)7-2-4-5;/h1H3;/q-1;. The van der Waals surface area contributed by atoms with E-state index in [0.717, 1.165) is 4.68 Å². The van der Waals surface area contributed by atoms with Gasteiger partial charge in [0.05, 0.1) is 6.39 Å². The van der Waals surface area contributed by atoms with Crippen molar-refractivity contribution in [3.8, 4) is 0 Å². The van der Waals surface area contributed by atoms with Crippen molar-refractivity contribution in [2.24, 2.45) is 7.05 Å². The van der Waals surface area contributed by atoms with E-state index in [-0.39, 0.29) is 20.4 Å². The minimum absolute atomic E-state index is 0. The van der Waals surface area contributed by atoms with Crippen LogP contribution < -0.4 is 5.76 Å². The third-order valence-corrected chi connectivity index (χ3v) is 0.588. The summed E-state index contributed by atoms with van der Waals surface area (Å²) in [4.78, 5) is 10.1. The molecule has 1 radical (unpaired) electrons. The molecule has 0 unspecified atom stereocenters. The fraction of sp³-hybridized carbons (Fsp3) is 0.333. The first kappa shape index (κ1) is 7.60. The second-order valence-electron chi connectivity index (χ2n) is 1.08. The molecule has 1 aromatic rings. The van der Waals surface area contributed by atoms with Gasteiger partial charge in [0.25, 0.3) is 5.76 Å². The summed E-state index contributed by atoms with van der Waals surface area (Å²) >= 11 is 0. The summed E-state index contributed by atoms with van der Waals surface area (Å²) in [6.07, 6.45) is 2.02. The molecular formula is C3H3N2O2Re-. The van der Waals surface area contributed by atoms with Gasteiger partial charge in [0.2, 0.25) is 0 Å². The van der Waals surface area contributed by atoms with E-state index < -0.39 is 5.76 Å². The number of aromatic nitrogens is 2. The molecule has 0 saturated carbocycles. The van der Waals surface area contributed by atoms with Crippen molar-refractivity contribution in [1.82, 2.24) is 9.78 Å². The molecule has 0 amide bonds. The molecule has 0 aliphatic carbocycles. The van der Waals surface area contributed by atoms with Gasteiger partial charge in [-0.1, -0.05) is 0 Å². The van der Waals surface area contributed by atoms with Crippen molar-refractivity contribution in [3.05, 3.63) is 16.9 Å². The number of rotatable bonds is 0. The average Bonchev–Trinajstić information content (AvgIpc) is 1.91. The van der Waals surface area contributed by atoms with E-state index in [2.05, 4.69) is 9.52 Å². The number of hydrogen-bond acceptors (Lipinski definition) is 3. The zero-order valence-corrected chi connectivity index (χ0v) is 6.80. The first-order valence-electron chi connectivity index (χ1n) is 1.71. The second kappa shape index (κ2) is 2.80. The van der Waals surface area contributed by atoms with Gasteiger partial charge in [0, 0.05) is 27.5 Å². The van der Waals surface area contributed by atoms with Gasteiger partial charge in [-0.25, -0.2) is 0 Å². The van der Waals surface area contributed by atoms with Crippen molar-refractivity contribution >= 4 is 0 Å². The monoisotopic (exact) mass is 286 g/mol. The van der Waals surface area contributed by atoms with Crippen LogP contribution in [-0.4, -0.2) is 9.78 Å². The van der Waals surface area contributed by atoms with Crippen molar-refractivity contribution in [3.63, 3.8) is 0 Å². The molecule has 0 saturated heterocycles.